The van der Waals surface area contributed by atoms with Crippen molar-refractivity contribution in [1.29, 1.82) is 0 Å². The lowest BCUT2D eigenvalue weighted by Crippen LogP contribution is -2.70. The van der Waals surface area contributed by atoms with E-state index in [1.807, 2.05) is 18.2 Å². The van der Waals surface area contributed by atoms with Crippen LogP contribution in [0.5, 0.6) is 0 Å². The normalized spacial score (nSPS) is 30.0. The maximum absolute atomic E-state index is 17.7. The number of nitrogens with two attached hydrogens (primary N) is 1. The number of fused-ring (bicyclic) bond motifs is 6. The minimum Gasteiger partial charge on any atom is -0.460 e. The number of pyridine rings is 1. The standard InChI is InChI=1S/C48H55FN4O10/c1-5-41(57)63-48(28(2)18-38-37-13-11-33-20-35(54)14-16-45(33,3)47(37,49)39(55)21-46(38,48)4)40(56)27-62-43(59)25-52-24-42(58)61-26-29-6-8-30(9-7-29)36(22-50)44(60)53-34-12-10-32-23-51-17-15-31(32)19-34/h6-10,12,14-17,19-20,23,28,36-39,52,55H,5,11,13,18,21-22,24-27,50H2,1-4H3,(H,53,60)/t28-,36+,37-,38?,39-,45-,46-,47-,48-/m0/s1. The molecule has 1 unspecified atom stereocenters. The highest BCUT2D eigenvalue weighted by atomic mass is 19.1. The van der Waals surface area contributed by atoms with Gasteiger partial charge >= 0.3 is 17.9 Å². The predicted octanol–water partition coefficient (Wildman–Crippen LogP) is 4.97. The summed E-state index contributed by atoms with van der Waals surface area (Å²) in [6.07, 6.45) is 7.02. The summed E-state index contributed by atoms with van der Waals surface area (Å²) in [6, 6.07) is 14.3. The number of nitrogens with zero attached hydrogens (tertiary/aromatic N) is 1. The fourth-order valence-corrected chi connectivity index (χ4v) is 11.1. The van der Waals surface area contributed by atoms with E-state index < -0.39 is 88.7 Å². The molecule has 4 aliphatic carbocycles. The molecule has 63 heavy (non-hydrogen) atoms. The fourth-order valence-electron chi connectivity index (χ4n) is 11.1. The summed E-state index contributed by atoms with van der Waals surface area (Å²) in [7, 11) is 0. The fraction of sp³-hybridized carbons (Fsp3) is 0.479. The smallest absolute Gasteiger partial charge is 0.320 e. The van der Waals surface area contributed by atoms with Crippen LogP contribution in [0, 0.1) is 28.6 Å². The highest BCUT2D eigenvalue weighted by Crippen LogP contribution is 2.71. The number of ketones is 2. The Labute approximate surface area is 365 Å². The van der Waals surface area contributed by atoms with E-state index in [2.05, 4.69) is 15.6 Å². The van der Waals surface area contributed by atoms with Gasteiger partial charge in [-0.15, -0.1) is 0 Å². The number of hydrogen-bond acceptors (Lipinski definition) is 13. The molecule has 334 valence electrons. The van der Waals surface area contributed by atoms with Crippen molar-refractivity contribution < 1.29 is 52.5 Å². The van der Waals surface area contributed by atoms with Crippen LogP contribution in [0.3, 0.4) is 0 Å². The molecule has 1 amide bonds. The molecule has 5 N–H and O–H groups in total. The van der Waals surface area contributed by atoms with E-state index in [-0.39, 0.29) is 44.2 Å². The molecule has 4 aliphatic rings. The third-order valence-electron chi connectivity index (χ3n) is 14.3. The van der Waals surface area contributed by atoms with Gasteiger partial charge in [-0.05, 0) is 85.4 Å². The molecule has 0 spiro atoms. The molecule has 7 rings (SSSR count). The second-order valence-corrected chi connectivity index (χ2v) is 17.8. The summed E-state index contributed by atoms with van der Waals surface area (Å²) in [5.74, 6) is -5.79. The summed E-state index contributed by atoms with van der Waals surface area (Å²) >= 11 is 0. The first-order valence-electron chi connectivity index (χ1n) is 21.5. The zero-order valence-electron chi connectivity index (χ0n) is 36.0. The van der Waals surface area contributed by atoms with Crippen LogP contribution in [-0.2, 0) is 49.6 Å². The molecule has 14 nitrogen and oxygen atoms in total. The molecule has 0 bridgehead atoms. The van der Waals surface area contributed by atoms with Gasteiger partial charge < -0.3 is 30.4 Å². The number of carbonyl (C=O) groups is 6. The number of nitrogens with one attached hydrogen (secondary N) is 2. The van der Waals surface area contributed by atoms with E-state index in [9.17, 15) is 33.9 Å². The van der Waals surface area contributed by atoms with Gasteiger partial charge in [-0.1, -0.05) is 62.8 Å². The molecule has 0 aliphatic heterocycles. The van der Waals surface area contributed by atoms with E-state index in [1.165, 1.54) is 12.2 Å². The number of alkyl halides is 1. The summed E-state index contributed by atoms with van der Waals surface area (Å²) in [5.41, 5.74) is 2.15. The van der Waals surface area contributed by atoms with E-state index in [0.717, 1.165) is 10.8 Å². The van der Waals surface area contributed by atoms with Gasteiger partial charge in [0.15, 0.2) is 23.7 Å². The molecule has 3 fully saturated rings. The Morgan fingerprint density at radius 2 is 1.71 bits per heavy atom. The lowest BCUT2D eigenvalue weighted by molar-refractivity contribution is -0.228. The van der Waals surface area contributed by atoms with Crippen LogP contribution >= 0.6 is 0 Å². The second-order valence-electron chi connectivity index (χ2n) is 17.8. The Morgan fingerprint density at radius 1 is 0.984 bits per heavy atom. The zero-order chi connectivity index (χ0) is 45.3. The Hall–Kier alpha value is -5.64. The quantitative estimate of drug-likeness (QED) is 0.118. The van der Waals surface area contributed by atoms with Crippen LogP contribution in [0.4, 0.5) is 10.1 Å². The number of aromatic nitrogens is 1. The first-order chi connectivity index (χ1) is 30.0. The average molecular weight is 867 g/mol. The number of hydrogen-bond donors (Lipinski definition) is 4. The van der Waals surface area contributed by atoms with Crippen molar-refractivity contribution in [2.24, 2.45) is 34.3 Å². The van der Waals surface area contributed by atoms with Gasteiger partial charge in [0.05, 0.1) is 25.1 Å². The third kappa shape index (κ3) is 8.10. The zero-order valence-corrected chi connectivity index (χ0v) is 36.0. The van der Waals surface area contributed by atoms with Crippen molar-refractivity contribution in [2.45, 2.75) is 89.7 Å². The Morgan fingerprint density at radius 3 is 2.43 bits per heavy atom. The Bertz CT molecular complexity index is 2370. The van der Waals surface area contributed by atoms with Crippen LogP contribution in [0.2, 0.25) is 0 Å². The first kappa shape index (κ1) is 45.4. The molecule has 3 aromatic rings. The number of allylic oxidation sites excluding steroid dienone is 4. The van der Waals surface area contributed by atoms with E-state index in [4.69, 9.17) is 19.9 Å². The Kier molecular flexibility index (Phi) is 12.9. The molecule has 2 aromatic carbocycles. The number of halogens is 1. The van der Waals surface area contributed by atoms with Gasteiger partial charge in [-0.3, -0.25) is 39.1 Å². The van der Waals surface area contributed by atoms with E-state index in [1.54, 1.807) is 76.5 Å². The molecule has 1 heterocycles. The number of ether oxygens (including phenoxy) is 3. The number of benzene rings is 2. The summed E-state index contributed by atoms with van der Waals surface area (Å²) in [6.45, 7) is 5.26. The lowest BCUT2D eigenvalue weighted by atomic mass is 9.44. The van der Waals surface area contributed by atoms with Gasteiger partial charge in [-0.2, -0.15) is 0 Å². The molecular formula is C48H55FN4O10. The summed E-state index contributed by atoms with van der Waals surface area (Å²) < 4.78 is 34.6. The van der Waals surface area contributed by atoms with Crippen molar-refractivity contribution in [1.82, 2.24) is 10.3 Å². The summed E-state index contributed by atoms with van der Waals surface area (Å²) in [4.78, 5) is 82.4. The molecule has 0 radical (unpaired) electrons. The number of esters is 3. The van der Waals surface area contributed by atoms with Gasteiger partial charge in [0, 0.05) is 59.1 Å². The van der Waals surface area contributed by atoms with Crippen LogP contribution in [0.15, 0.2) is 84.7 Å². The molecule has 3 saturated carbocycles. The van der Waals surface area contributed by atoms with Gasteiger partial charge in [0.25, 0.3) is 0 Å². The largest absolute Gasteiger partial charge is 0.460 e. The summed E-state index contributed by atoms with van der Waals surface area (Å²) in [5, 5.41) is 19.3. The van der Waals surface area contributed by atoms with E-state index >= 15 is 4.39 Å². The predicted molar refractivity (Wildman–Crippen MR) is 229 cm³/mol. The van der Waals surface area contributed by atoms with Crippen molar-refractivity contribution in [3.8, 4) is 0 Å². The van der Waals surface area contributed by atoms with Gasteiger partial charge in [-0.25, -0.2) is 4.39 Å². The number of aliphatic hydroxyl groups is 1. The molecule has 9 atom stereocenters. The average Bonchev–Trinajstić information content (AvgIpc) is 3.48. The number of aliphatic hydroxyl groups excluding tert-OH is 1. The van der Waals surface area contributed by atoms with Crippen LogP contribution in [0.1, 0.15) is 76.8 Å². The van der Waals surface area contributed by atoms with Crippen molar-refractivity contribution >= 4 is 51.8 Å². The van der Waals surface area contributed by atoms with Crippen LogP contribution < -0.4 is 16.4 Å². The number of rotatable bonds is 15. The van der Waals surface area contributed by atoms with Crippen molar-refractivity contribution in [3.05, 3.63) is 95.9 Å². The number of Topliss-reactive ketones (excluding diaryl/α,β-unsaturated/α-hetero) is 1. The van der Waals surface area contributed by atoms with E-state index in [0.29, 0.717) is 41.6 Å². The van der Waals surface area contributed by atoms with Crippen LogP contribution in [0.25, 0.3) is 10.8 Å². The molecule has 0 saturated heterocycles. The number of amides is 1. The van der Waals surface area contributed by atoms with Gasteiger partial charge in [0.2, 0.25) is 11.7 Å². The molecule has 15 heteroatoms. The number of anilines is 1. The van der Waals surface area contributed by atoms with Gasteiger partial charge in [0.1, 0.15) is 6.61 Å². The maximum atomic E-state index is 17.7. The SMILES string of the molecule is CCC(=O)O[C@]1(C(=O)COC(=O)CNCC(=O)OCc2ccc([C@@H](CN)C(=O)Nc3ccc4cnccc4c3)cc2)[C@@H](C)CC2[C@@H]3CCC4=CC(=O)C=C[C@]4(C)[C@@]3(F)[C@@H](O)C[C@@]21C. The van der Waals surface area contributed by atoms with Crippen LogP contribution in [-0.4, -0.2) is 89.1 Å². The van der Waals surface area contributed by atoms with Crippen molar-refractivity contribution in [2.75, 3.05) is 31.6 Å². The maximum Gasteiger partial charge on any atom is 0.320 e. The Balaban J connectivity index is 0.913. The minimum atomic E-state index is -2.15. The lowest BCUT2D eigenvalue weighted by Gasteiger charge is -2.62. The van der Waals surface area contributed by atoms with Crippen molar-refractivity contribution in [3.63, 3.8) is 0 Å². The molecular weight excluding hydrogens is 812 g/mol. The number of carbonyl (C=O) groups excluding carboxylic acids is 6. The minimum absolute atomic E-state index is 0.0445. The molecule has 1 aromatic heterocycles. The monoisotopic (exact) mass is 866 g/mol. The third-order valence-corrected chi connectivity index (χ3v) is 14.3. The highest BCUT2D eigenvalue weighted by Gasteiger charge is 2.77. The second kappa shape index (κ2) is 17.9. The highest BCUT2D eigenvalue weighted by molar-refractivity contribution is 6.01. The topological polar surface area (TPSA) is 213 Å². The first-order valence-corrected chi connectivity index (χ1v) is 21.5.